The van der Waals surface area contributed by atoms with E-state index in [9.17, 15) is 24.0 Å². The Morgan fingerprint density at radius 2 is 1.38 bits per heavy atom. The van der Waals surface area contributed by atoms with Gasteiger partial charge in [0.1, 0.15) is 18.8 Å². The molecule has 1 saturated heterocycles. The third-order valence-corrected chi connectivity index (χ3v) is 4.32. The number of carbonyl (C=O) groups excluding carboxylic acids is 5. The molecule has 0 spiro atoms. The lowest BCUT2D eigenvalue weighted by atomic mass is 9.95. The van der Waals surface area contributed by atoms with Crippen LogP contribution in [0.4, 0.5) is 0 Å². The summed E-state index contributed by atoms with van der Waals surface area (Å²) in [4.78, 5) is 59.3. The van der Waals surface area contributed by atoms with Crippen LogP contribution in [0.25, 0.3) is 0 Å². The fraction of sp³-hybridized carbons (Fsp3) is 0.476. The van der Waals surface area contributed by atoms with Crippen molar-refractivity contribution in [2.45, 2.75) is 58.3 Å². The van der Waals surface area contributed by atoms with E-state index in [1.165, 1.54) is 6.92 Å². The lowest BCUT2D eigenvalue weighted by Crippen LogP contribution is -2.67. The van der Waals surface area contributed by atoms with Gasteiger partial charge in [0.05, 0.1) is 0 Å². The van der Waals surface area contributed by atoms with Crippen LogP contribution in [0.2, 0.25) is 0 Å². The number of hydrogen-bond donors (Lipinski definition) is 1. The number of amides is 1. The third kappa shape index (κ3) is 7.05. The minimum atomic E-state index is -1.43. The van der Waals surface area contributed by atoms with Crippen LogP contribution in [0.1, 0.15) is 38.1 Å². The van der Waals surface area contributed by atoms with Crippen molar-refractivity contribution in [3.63, 3.8) is 0 Å². The molecule has 2 unspecified atom stereocenters. The molecule has 1 aromatic carbocycles. The molecule has 0 aromatic heterocycles. The lowest BCUT2D eigenvalue weighted by molar-refractivity contribution is -0.270. The van der Waals surface area contributed by atoms with Crippen LogP contribution in [0.15, 0.2) is 30.3 Å². The van der Waals surface area contributed by atoms with Crippen LogP contribution in [-0.2, 0) is 42.9 Å². The SMILES string of the molecule is CC(=O)OCC1O[C@@H](OC(C)=O)C(NC(=O)c2ccccc2)[C@H](OC(C)=O)[C@@H]1OC(C)=O. The van der Waals surface area contributed by atoms with Crippen LogP contribution >= 0.6 is 0 Å². The van der Waals surface area contributed by atoms with Gasteiger partial charge in [-0.15, -0.1) is 0 Å². The largest absolute Gasteiger partial charge is 0.463 e. The normalized spacial score (nSPS) is 24.6. The molecule has 1 aliphatic rings. The minimum absolute atomic E-state index is 0.279. The molecule has 1 N–H and O–H groups in total. The number of esters is 4. The first-order chi connectivity index (χ1) is 15.1. The molecule has 0 radical (unpaired) electrons. The van der Waals surface area contributed by atoms with Crippen molar-refractivity contribution in [2.24, 2.45) is 0 Å². The van der Waals surface area contributed by atoms with Crippen LogP contribution in [0, 0.1) is 0 Å². The average Bonchev–Trinajstić information content (AvgIpc) is 2.70. The van der Waals surface area contributed by atoms with E-state index in [0.717, 1.165) is 20.8 Å². The second kappa shape index (κ2) is 11.2. The molecule has 5 atom stereocenters. The van der Waals surface area contributed by atoms with Gasteiger partial charge < -0.3 is 29.0 Å². The second-order valence-corrected chi connectivity index (χ2v) is 6.97. The van der Waals surface area contributed by atoms with Gasteiger partial charge in [-0.05, 0) is 12.1 Å². The van der Waals surface area contributed by atoms with Crippen molar-refractivity contribution >= 4 is 29.8 Å². The Morgan fingerprint density at radius 3 is 1.91 bits per heavy atom. The summed E-state index contributed by atoms with van der Waals surface area (Å²) in [6.45, 7) is 4.16. The Hall–Kier alpha value is -3.47. The number of benzene rings is 1. The zero-order valence-electron chi connectivity index (χ0n) is 18.1. The van der Waals surface area contributed by atoms with E-state index in [0.29, 0.717) is 0 Å². The molecule has 0 aliphatic carbocycles. The number of rotatable bonds is 7. The van der Waals surface area contributed by atoms with Gasteiger partial charge in [0.15, 0.2) is 12.2 Å². The van der Waals surface area contributed by atoms with E-state index in [1.807, 2.05) is 0 Å². The summed E-state index contributed by atoms with van der Waals surface area (Å²) in [5.74, 6) is -3.44. The summed E-state index contributed by atoms with van der Waals surface area (Å²) < 4.78 is 26.5. The van der Waals surface area contributed by atoms with Crippen LogP contribution < -0.4 is 5.32 Å². The van der Waals surface area contributed by atoms with Crippen molar-refractivity contribution < 1.29 is 47.7 Å². The van der Waals surface area contributed by atoms with Gasteiger partial charge in [-0.25, -0.2) is 0 Å². The number of ether oxygens (including phenoxy) is 5. The molecule has 1 fully saturated rings. The molecule has 1 heterocycles. The summed E-state index contributed by atoms with van der Waals surface area (Å²) in [6, 6.07) is 6.88. The monoisotopic (exact) mass is 451 g/mol. The highest BCUT2D eigenvalue weighted by atomic mass is 16.7. The molecule has 32 heavy (non-hydrogen) atoms. The fourth-order valence-corrected chi connectivity index (χ4v) is 3.14. The molecule has 0 bridgehead atoms. The van der Waals surface area contributed by atoms with Gasteiger partial charge in [-0.3, -0.25) is 24.0 Å². The highest BCUT2D eigenvalue weighted by Crippen LogP contribution is 2.28. The van der Waals surface area contributed by atoms with Gasteiger partial charge in [-0.2, -0.15) is 0 Å². The third-order valence-electron chi connectivity index (χ3n) is 4.32. The van der Waals surface area contributed by atoms with Gasteiger partial charge in [0, 0.05) is 33.3 Å². The van der Waals surface area contributed by atoms with Crippen LogP contribution in [0.5, 0.6) is 0 Å². The summed E-state index contributed by atoms with van der Waals surface area (Å²) in [5.41, 5.74) is 0.279. The van der Waals surface area contributed by atoms with Crippen molar-refractivity contribution in [1.29, 1.82) is 0 Å². The molecular formula is C21H25NO10. The van der Waals surface area contributed by atoms with E-state index in [2.05, 4.69) is 5.32 Å². The number of hydrogen-bond acceptors (Lipinski definition) is 10. The quantitative estimate of drug-likeness (QED) is 0.460. The zero-order chi connectivity index (χ0) is 23.8. The van der Waals surface area contributed by atoms with E-state index >= 15 is 0 Å². The summed E-state index contributed by atoms with van der Waals surface area (Å²) in [7, 11) is 0. The molecule has 1 amide bonds. The second-order valence-electron chi connectivity index (χ2n) is 6.97. The topological polar surface area (TPSA) is 144 Å². The van der Waals surface area contributed by atoms with Crippen LogP contribution in [-0.4, -0.2) is 67.0 Å². The molecule has 11 heteroatoms. The Labute approximate surface area is 184 Å². The summed E-state index contributed by atoms with van der Waals surface area (Å²) >= 11 is 0. The predicted molar refractivity (Wildman–Crippen MR) is 106 cm³/mol. The number of nitrogens with one attached hydrogen (secondary N) is 1. The standard InChI is InChI=1S/C21H25NO10/c1-11(23)28-10-16-18(29-12(2)24)19(30-13(3)25)17(21(32-16)31-14(4)26)22-20(27)15-8-6-5-7-9-15/h5-9,16-19,21H,10H2,1-4H3,(H,22,27)/t16?,17?,18-,19+,21-/m1/s1. The van der Waals surface area contributed by atoms with E-state index < -0.39 is 60.4 Å². The molecule has 1 aliphatic heterocycles. The summed E-state index contributed by atoms with van der Waals surface area (Å²) in [6.07, 6.45) is -5.18. The zero-order valence-corrected chi connectivity index (χ0v) is 18.1. The maximum atomic E-state index is 12.8. The first-order valence-corrected chi connectivity index (χ1v) is 9.75. The molecule has 0 saturated carbocycles. The Bertz CT molecular complexity index is 855. The average molecular weight is 451 g/mol. The molecule has 1 aromatic rings. The fourth-order valence-electron chi connectivity index (χ4n) is 3.14. The molecule has 11 nitrogen and oxygen atoms in total. The summed E-state index contributed by atoms with van der Waals surface area (Å²) in [5, 5.41) is 2.62. The minimum Gasteiger partial charge on any atom is -0.463 e. The smallest absolute Gasteiger partial charge is 0.305 e. The van der Waals surface area contributed by atoms with Crippen molar-refractivity contribution in [1.82, 2.24) is 5.32 Å². The Morgan fingerprint density at radius 1 is 0.812 bits per heavy atom. The van der Waals surface area contributed by atoms with Crippen molar-refractivity contribution in [2.75, 3.05) is 6.61 Å². The first-order valence-electron chi connectivity index (χ1n) is 9.75. The van der Waals surface area contributed by atoms with E-state index in [-0.39, 0.29) is 12.2 Å². The maximum Gasteiger partial charge on any atom is 0.305 e. The van der Waals surface area contributed by atoms with Gasteiger partial charge in [0.2, 0.25) is 6.29 Å². The molecule has 2 rings (SSSR count). The highest BCUT2D eigenvalue weighted by molar-refractivity contribution is 5.94. The van der Waals surface area contributed by atoms with Gasteiger partial charge >= 0.3 is 23.9 Å². The molecule has 174 valence electrons. The lowest BCUT2D eigenvalue weighted by Gasteiger charge is -2.44. The van der Waals surface area contributed by atoms with Crippen molar-refractivity contribution in [3.8, 4) is 0 Å². The van der Waals surface area contributed by atoms with Gasteiger partial charge in [0.25, 0.3) is 5.91 Å². The van der Waals surface area contributed by atoms with Crippen molar-refractivity contribution in [3.05, 3.63) is 35.9 Å². The molecular weight excluding hydrogens is 426 g/mol. The Balaban J connectivity index is 2.44. The highest BCUT2D eigenvalue weighted by Gasteiger charge is 2.52. The van der Waals surface area contributed by atoms with Gasteiger partial charge in [-0.1, -0.05) is 18.2 Å². The van der Waals surface area contributed by atoms with E-state index in [1.54, 1.807) is 30.3 Å². The predicted octanol–water partition coefficient (Wildman–Crippen LogP) is 0.500. The Kier molecular flexibility index (Phi) is 8.71. The number of carbonyl (C=O) groups is 5. The van der Waals surface area contributed by atoms with Crippen LogP contribution in [0.3, 0.4) is 0 Å². The maximum absolute atomic E-state index is 12.8. The first kappa shape index (κ1) is 24.8. The van der Waals surface area contributed by atoms with E-state index in [4.69, 9.17) is 23.7 Å².